The van der Waals surface area contributed by atoms with E-state index in [0.29, 0.717) is 29.3 Å². The Morgan fingerprint density at radius 3 is 2.81 bits per heavy atom. The van der Waals surface area contributed by atoms with Crippen molar-refractivity contribution in [2.45, 2.75) is 13.5 Å². The summed E-state index contributed by atoms with van der Waals surface area (Å²) < 4.78 is 7.44. The van der Waals surface area contributed by atoms with Gasteiger partial charge in [0, 0.05) is 18.0 Å². The smallest absolute Gasteiger partial charge is 0.255 e. The molecule has 2 aromatic carbocycles. The van der Waals surface area contributed by atoms with Crippen LogP contribution in [0.2, 0.25) is 0 Å². The summed E-state index contributed by atoms with van der Waals surface area (Å²) >= 11 is 0. The third kappa shape index (κ3) is 3.79. The van der Waals surface area contributed by atoms with Gasteiger partial charge in [-0.3, -0.25) is 4.79 Å². The van der Waals surface area contributed by atoms with E-state index in [-0.39, 0.29) is 5.91 Å². The van der Waals surface area contributed by atoms with Gasteiger partial charge in [0.2, 0.25) is 0 Å². The van der Waals surface area contributed by atoms with Crippen molar-refractivity contribution in [3.05, 3.63) is 89.9 Å². The zero-order valence-corrected chi connectivity index (χ0v) is 14.8. The summed E-state index contributed by atoms with van der Waals surface area (Å²) in [5.74, 6) is 0.401. The number of carbonyl (C=O) groups is 1. The van der Waals surface area contributed by atoms with Gasteiger partial charge in [-0.2, -0.15) is 5.10 Å². The van der Waals surface area contributed by atoms with E-state index < -0.39 is 0 Å². The van der Waals surface area contributed by atoms with E-state index in [1.807, 2.05) is 49.5 Å². The Bertz CT molecular complexity index is 1090. The fraction of sp³-hybridized carbons (Fsp3) is 0.0952. The molecule has 0 unspecified atom stereocenters. The number of anilines is 1. The molecule has 27 heavy (non-hydrogen) atoms. The van der Waals surface area contributed by atoms with Crippen molar-refractivity contribution in [2.24, 2.45) is 0 Å². The molecule has 6 nitrogen and oxygen atoms in total. The van der Waals surface area contributed by atoms with Gasteiger partial charge in [0.1, 0.15) is 18.0 Å². The molecule has 0 saturated heterocycles. The molecule has 0 saturated carbocycles. The molecule has 2 aromatic heterocycles. The molecule has 4 aromatic rings. The highest BCUT2D eigenvalue weighted by atomic mass is 16.5. The van der Waals surface area contributed by atoms with Crippen LogP contribution in [0.15, 0.2) is 73.2 Å². The van der Waals surface area contributed by atoms with Gasteiger partial charge in [-0.1, -0.05) is 36.4 Å². The van der Waals surface area contributed by atoms with Crippen LogP contribution in [0.3, 0.4) is 0 Å². The van der Waals surface area contributed by atoms with E-state index >= 15 is 0 Å². The van der Waals surface area contributed by atoms with Gasteiger partial charge >= 0.3 is 0 Å². The van der Waals surface area contributed by atoms with E-state index in [1.165, 1.54) is 0 Å². The van der Waals surface area contributed by atoms with Crippen molar-refractivity contribution in [1.82, 2.24) is 14.6 Å². The number of aryl methyl sites for hydroxylation is 1. The zero-order chi connectivity index (χ0) is 18.6. The molecular weight excluding hydrogens is 340 g/mol. The Kier molecular flexibility index (Phi) is 4.53. The lowest BCUT2D eigenvalue weighted by Crippen LogP contribution is -2.12. The number of carbonyl (C=O) groups excluding carboxylic acids is 1. The zero-order valence-electron chi connectivity index (χ0n) is 14.8. The van der Waals surface area contributed by atoms with Crippen LogP contribution in [-0.4, -0.2) is 20.5 Å². The molecule has 134 valence electrons. The van der Waals surface area contributed by atoms with Gasteiger partial charge < -0.3 is 10.1 Å². The molecule has 0 radical (unpaired) electrons. The second-order valence-corrected chi connectivity index (χ2v) is 6.21. The number of hydrogen-bond acceptors (Lipinski definition) is 4. The number of nitrogens with one attached hydrogen (secondary N) is 1. The van der Waals surface area contributed by atoms with Crippen LogP contribution in [0.1, 0.15) is 21.5 Å². The SMILES string of the molecule is Cc1cnc2c(NC(=O)c3cccc(OCc4ccccc4)c3)cnn2c1. The maximum atomic E-state index is 12.6. The Labute approximate surface area is 156 Å². The summed E-state index contributed by atoms with van der Waals surface area (Å²) in [6.07, 6.45) is 5.19. The Hall–Kier alpha value is -3.67. The van der Waals surface area contributed by atoms with Crippen molar-refractivity contribution in [1.29, 1.82) is 0 Å². The molecule has 1 amide bonds. The Morgan fingerprint density at radius 2 is 1.96 bits per heavy atom. The van der Waals surface area contributed by atoms with Gasteiger partial charge in [-0.05, 0) is 36.2 Å². The van der Waals surface area contributed by atoms with Gasteiger partial charge in [0.25, 0.3) is 5.91 Å². The minimum Gasteiger partial charge on any atom is -0.489 e. The van der Waals surface area contributed by atoms with E-state index in [0.717, 1.165) is 11.1 Å². The van der Waals surface area contributed by atoms with Crippen molar-refractivity contribution in [2.75, 3.05) is 5.32 Å². The van der Waals surface area contributed by atoms with Gasteiger partial charge in [0.15, 0.2) is 5.65 Å². The fourth-order valence-corrected chi connectivity index (χ4v) is 2.72. The molecule has 6 heteroatoms. The quantitative estimate of drug-likeness (QED) is 0.588. The van der Waals surface area contributed by atoms with E-state index in [4.69, 9.17) is 4.74 Å². The first-order valence-electron chi connectivity index (χ1n) is 8.57. The number of rotatable bonds is 5. The fourth-order valence-electron chi connectivity index (χ4n) is 2.72. The third-order valence-corrected chi connectivity index (χ3v) is 4.08. The Morgan fingerprint density at radius 1 is 1.11 bits per heavy atom. The lowest BCUT2D eigenvalue weighted by Gasteiger charge is -2.08. The second kappa shape index (κ2) is 7.29. The van der Waals surface area contributed by atoms with Crippen molar-refractivity contribution in [3.8, 4) is 5.75 Å². The summed E-state index contributed by atoms with van der Waals surface area (Å²) in [5, 5.41) is 7.08. The van der Waals surface area contributed by atoms with Crippen LogP contribution in [0, 0.1) is 6.92 Å². The van der Waals surface area contributed by atoms with E-state index in [2.05, 4.69) is 15.4 Å². The largest absolute Gasteiger partial charge is 0.489 e. The van der Waals surface area contributed by atoms with Crippen LogP contribution in [0.25, 0.3) is 5.65 Å². The lowest BCUT2D eigenvalue weighted by molar-refractivity contribution is 0.102. The molecule has 0 fully saturated rings. The second-order valence-electron chi connectivity index (χ2n) is 6.21. The molecule has 0 bridgehead atoms. The average molecular weight is 358 g/mol. The molecule has 0 aliphatic rings. The highest BCUT2D eigenvalue weighted by Gasteiger charge is 2.12. The molecule has 0 spiro atoms. The van der Waals surface area contributed by atoms with Gasteiger partial charge in [0.05, 0.1) is 6.20 Å². The Balaban J connectivity index is 1.48. The van der Waals surface area contributed by atoms with Crippen molar-refractivity contribution < 1.29 is 9.53 Å². The predicted octanol–water partition coefficient (Wildman–Crippen LogP) is 3.87. The standard InChI is InChI=1S/C21H18N4O2/c1-15-11-22-20-19(12-23-25(20)13-15)24-21(26)17-8-5-9-18(10-17)27-14-16-6-3-2-4-7-16/h2-13H,14H2,1H3,(H,24,26). The van der Waals surface area contributed by atoms with Crippen LogP contribution in [0.5, 0.6) is 5.75 Å². The summed E-state index contributed by atoms with van der Waals surface area (Å²) in [4.78, 5) is 16.9. The minimum atomic E-state index is -0.238. The first-order chi connectivity index (χ1) is 13.2. The highest BCUT2D eigenvalue weighted by Crippen LogP contribution is 2.19. The number of hydrogen-bond donors (Lipinski definition) is 1. The van der Waals surface area contributed by atoms with E-state index in [9.17, 15) is 4.79 Å². The molecule has 0 aliphatic carbocycles. The maximum Gasteiger partial charge on any atom is 0.255 e. The number of ether oxygens (including phenoxy) is 1. The maximum absolute atomic E-state index is 12.6. The number of fused-ring (bicyclic) bond motifs is 1. The predicted molar refractivity (Wildman–Crippen MR) is 103 cm³/mol. The van der Waals surface area contributed by atoms with Crippen molar-refractivity contribution >= 4 is 17.2 Å². The van der Waals surface area contributed by atoms with Crippen LogP contribution in [-0.2, 0) is 6.61 Å². The number of aromatic nitrogens is 3. The minimum absolute atomic E-state index is 0.238. The van der Waals surface area contributed by atoms with Gasteiger partial charge in [-0.25, -0.2) is 9.50 Å². The first-order valence-corrected chi connectivity index (χ1v) is 8.57. The molecule has 0 atom stereocenters. The van der Waals surface area contributed by atoms with Gasteiger partial charge in [-0.15, -0.1) is 0 Å². The monoisotopic (exact) mass is 358 g/mol. The van der Waals surface area contributed by atoms with Crippen LogP contribution in [0.4, 0.5) is 5.69 Å². The number of amides is 1. The summed E-state index contributed by atoms with van der Waals surface area (Å²) in [5.41, 5.74) is 3.74. The number of benzene rings is 2. The molecular formula is C21H18N4O2. The van der Waals surface area contributed by atoms with Crippen LogP contribution >= 0.6 is 0 Å². The normalized spacial score (nSPS) is 10.7. The van der Waals surface area contributed by atoms with Crippen molar-refractivity contribution in [3.63, 3.8) is 0 Å². The topological polar surface area (TPSA) is 68.5 Å². The average Bonchev–Trinajstić information content (AvgIpc) is 3.09. The molecule has 0 aliphatic heterocycles. The molecule has 2 heterocycles. The van der Waals surface area contributed by atoms with E-state index in [1.54, 1.807) is 35.1 Å². The molecule has 1 N–H and O–H groups in total. The highest BCUT2D eigenvalue weighted by molar-refractivity contribution is 6.06. The molecule has 4 rings (SSSR count). The number of nitrogens with zero attached hydrogens (tertiary/aromatic N) is 3. The lowest BCUT2D eigenvalue weighted by atomic mass is 10.2. The summed E-state index contributed by atoms with van der Waals surface area (Å²) in [6.45, 7) is 2.39. The summed E-state index contributed by atoms with van der Waals surface area (Å²) in [6, 6.07) is 17.0. The summed E-state index contributed by atoms with van der Waals surface area (Å²) in [7, 11) is 0. The first kappa shape index (κ1) is 16.8. The third-order valence-electron chi connectivity index (χ3n) is 4.08. The van der Waals surface area contributed by atoms with Crippen LogP contribution < -0.4 is 10.1 Å².